The van der Waals surface area contributed by atoms with E-state index in [1.807, 2.05) is 0 Å². The lowest BCUT2D eigenvalue weighted by Gasteiger charge is -2.17. The molecule has 0 saturated heterocycles. The predicted octanol–water partition coefficient (Wildman–Crippen LogP) is 2.30. The van der Waals surface area contributed by atoms with Gasteiger partial charge in [-0.15, -0.1) is 0 Å². The van der Waals surface area contributed by atoms with Crippen molar-refractivity contribution in [3.63, 3.8) is 0 Å². The highest BCUT2D eigenvalue weighted by atomic mass is 19.1. The molecule has 0 aromatic heterocycles. The van der Waals surface area contributed by atoms with Crippen LogP contribution in [0.1, 0.15) is 19.4 Å². The standard InChI is InChI=1S/C10H9FN2O3/c1-10(2,12-6-14)8-5-7(11)3-4-9(8)13(15)16/h3-5H,1-2H3. The maximum absolute atomic E-state index is 13.0. The molecular formula is C10H9FN2O3. The molecule has 1 rings (SSSR count). The molecule has 0 heterocycles. The van der Waals surface area contributed by atoms with Crippen LogP contribution in [0, 0.1) is 15.9 Å². The maximum Gasteiger partial charge on any atom is 0.275 e. The molecule has 6 heteroatoms. The lowest BCUT2D eigenvalue weighted by atomic mass is 9.93. The molecule has 0 aliphatic heterocycles. The molecule has 0 amide bonds. The van der Waals surface area contributed by atoms with Gasteiger partial charge in [0.05, 0.1) is 16.0 Å². The Bertz CT molecular complexity index is 479. The van der Waals surface area contributed by atoms with Crippen molar-refractivity contribution in [3.05, 3.63) is 39.7 Å². The molecule has 16 heavy (non-hydrogen) atoms. The smallest absolute Gasteiger partial charge is 0.258 e. The van der Waals surface area contributed by atoms with Gasteiger partial charge in [-0.1, -0.05) is 0 Å². The lowest BCUT2D eigenvalue weighted by Crippen LogP contribution is -2.16. The lowest BCUT2D eigenvalue weighted by molar-refractivity contribution is -0.386. The zero-order chi connectivity index (χ0) is 12.3. The highest BCUT2D eigenvalue weighted by molar-refractivity contribution is 5.47. The van der Waals surface area contributed by atoms with E-state index in [-0.39, 0.29) is 11.3 Å². The van der Waals surface area contributed by atoms with Crippen LogP contribution in [0.3, 0.4) is 0 Å². The minimum Gasteiger partial charge on any atom is -0.258 e. The van der Waals surface area contributed by atoms with Gasteiger partial charge in [0.25, 0.3) is 5.69 Å². The first-order valence-corrected chi connectivity index (χ1v) is 4.42. The van der Waals surface area contributed by atoms with E-state index in [4.69, 9.17) is 0 Å². The fourth-order valence-corrected chi connectivity index (χ4v) is 1.33. The number of halogens is 1. The second-order valence-electron chi connectivity index (χ2n) is 3.68. The Balaban J connectivity index is 3.46. The molecule has 0 spiro atoms. The van der Waals surface area contributed by atoms with Crippen LogP contribution in [0.5, 0.6) is 0 Å². The van der Waals surface area contributed by atoms with Gasteiger partial charge in [-0.3, -0.25) is 10.1 Å². The summed E-state index contributed by atoms with van der Waals surface area (Å²) in [7, 11) is 0. The van der Waals surface area contributed by atoms with Crippen molar-refractivity contribution in [2.75, 3.05) is 0 Å². The van der Waals surface area contributed by atoms with Gasteiger partial charge in [0.2, 0.25) is 6.08 Å². The molecule has 0 saturated carbocycles. The first-order chi connectivity index (χ1) is 7.38. The zero-order valence-electron chi connectivity index (χ0n) is 8.73. The van der Waals surface area contributed by atoms with E-state index < -0.39 is 16.3 Å². The molecular weight excluding hydrogens is 215 g/mol. The van der Waals surface area contributed by atoms with Crippen LogP contribution in [0.15, 0.2) is 23.2 Å². The summed E-state index contributed by atoms with van der Waals surface area (Å²) in [5, 5.41) is 10.7. The number of aliphatic imine (C=N–C) groups is 1. The second kappa shape index (κ2) is 4.20. The van der Waals surface area contributed by atoms with Crippen LogP contribution in [0.4, 0.5) is 10.1 Å². The summed E-state index contributed by atoms with van der Waals surface area (Å²) >= 11 is 0. The van der Waals surface area contributed by atoms with Gasteiger partial charge in [0.15, 0.2) is 0 Å². The van der Waals surface area contributed by atoms with Gasteiger partial charge in [-0.25, -0.2) is 9.18 Å². The molecule has 0 aliphatic rings. The van der Waals surface area contributed by atoms with Crippen molar-refractivity contribution >= 4 is 11.8 Å². The quantitative estimate of drug-likeness (QED) is 0.342. The van der Waals surface area contributed by atoms with E-state index in [1.54, 1.807) is 0 Å². The van der Waals surface area contributed by atoms with Crippen molar-refractivity contribution in [1.29, 1.82) is 0 Å². The largest absolute Gasteiger partial charge is 0.275 e. The van der Waals surface area contributed by atoms with E-state index in [0.29, 0.717) is 0 Å². The summed E-state index contributed by atoms with van der Waals surface area (Å²) in [5.41, 5.74) is -1.40. The van der Waals surface area contributed by atoms with E-state index >= 15 is 0 Å². The zero-order valence-corrected chi connectivity index (χ0v) is 8.73. The highest BCUT2D eigenvalue weighted by Gasteiger charge is 2.29. The van der Waals surface area contributed by atoms with Crippen LogP contribution < -0.4 is 0 Å². The summed E-state index contributed by atoms with van der Waals surface area (Å²) < 4.78 is 13.0. The number of rotatable bonds is 3. The Kier molecular flexibility index (Phi) is 3.15. The van der Waals surface area contributed by atoms with Crippen LogP contribution in [-0.2, 0) is 10.3 Å². The molecule has 1 aromatic rings. The molecule has 0 atom stereocenters. The molecule has 5 nitrogen and oxygen atoms in total. The summed E-state index contributed by atoms with van der Waals surface area (Å²) in [5.74, 6) is -0.616. The minimum atomic E-state index is -1.17. The molecule has 84 valence electrons. The molecule has 0 N–H and O–H groups in total. The monoisotopic (exact) mass is 224 g/mol. The fourth-order valence-electron chi connectivity index (χ4n) is 1.33. The van der Waals surface area contributed by atoms with Gasteiger partial charge in [0.1, 0.15) is 5.82 Å². The van der Waals surface area contributed by atoms with E-state index in [9.17, 15) is 19.3 Å². The highest BCUT2D eigenvalue weighted by Crippen LogP contribution is 2.32. The maximum atomic E-state index is 13.0. The van der Waals surface area contributed by atoms with E-state index in [0.717, 1.165) is 18.2 Å². The Morgan fingerprint density at radius 3 is 2.62 bits per heavy atom. The van der Waals surface area contributed by atoms with Crippen molar-refractivity contribution in [3.8, 4) is 0 Å². The number of hydrogen-bond donors (Lipinski definition) is 0. The Hall–Kier alpha value is -2.07. The van der Waals surface area contributed by atoms with Crippen LogP contribution in [-0.4, -0.2) is 11.0 Å². The first kappa shape index (κ1) is 12.0. The third-order valence-electron chi connectivity index (χ3n) is 2.14. The first-order valence-electron chi connectivity index (χ1n) is 4.42. The van der Waals surface area contributed by atoms with Gasteiger partial charge >= 0.3 is 0 Å². The summed E-state index contributed by atoms with van der Waals surface area (Å²) in [4.78, 5) is 23.7. The summed E-state index contributed by atoms with van der Waals surface area (Å²) in [6, 6.07) is 3.04. The Morgan fingerprint density at radius 1 is 1.50 bits per heavy atom. The predicted molar refractivity (Wildman–Crippen MR) is 54.2 cm³/mol. The number of nitro benzene ring substituents is 1. The average Bonchev–Trinajstić information content (AvgIpc) is 2.17. The molecule has 1 aromatic carbocycles. The van der Waals surface area contributed by atoms with Crippen molar-refractivity contribution < 1.29 is 14.1 Å². The van der Waals surface area contributed by atoms with Gasteiger partial charge in [-0.2, -0.15) is 4.99 Å². The average molecular weight is 224 g/mol. The third-order valence-corrected chi connectivity index (χ3v) is 2.14. The molecule has 0 aliphatic carbocycles. The number of benzene rings is 1. The van der Waals surface area contributed by atoms with Crippen LogP contribution >= 0.6 is 0 Å². The van der Waals surface area contributed by atoms with E-state index in [1.165, 1.54) is 19.9 Å². The number of nitro groups is 1. The Labute approximate surface area is 90.8 Å². The van der Waals surface area contributed by atoms with Crippen LogP contribution in [0.2, 0.25) is 0 Å². The minimum absolute atomic E-state index is 0.0425. The molecule has 0 unspecified atom stereocenters. The molecule has 0 bridgehead atoms. The second-order valence-corrected chi connectivity index (χ2v) is 3.68. The molecule has 0 radical (unpaired) electrons. The SMILES string of the molecule is CC(C)(N=C=O)c1cc(F)ccc1[N+](=O)[O-]. The van der Waals surface area contributed by atoms with Gasteiger partial charge in [0, 0.05) is 6.07 Å². The fraction of sp³-hybridized carbons (Fsp3) is 0.300. The number of isocyanates is 1. The number of hydrogen-bond acceptors (Lipinski definition) is 4. The topological polar surface area (TPSA) is 72.6 Å². The van der Waals surface area contributed by atoms with Gasteiger partial charge in [-0.05, 0) is 26.0 Å². The Morgan fingerprint density at radius 2 is 2.12 bits per heavy atom. The van der Waals surface area contributed by atoms with Crippen LogP contribution in [0.25, 0.3) is 0 Å². The summed E-state index contributed by atoms with van der Waals surface area (Å²) in [6.07, 6.45) is 1.32. The van der Waals surface area contributed by atoms with Crippen molar-refractivity contribution in [2.45, 2.75) is 19.4 Å². The summed E-state index contributed by atoms with van der Waals surface area (Å²) in [6.45, 7) is 2.94. The third kappa shape index (κ3) is 2.29. The van der Waals surface area contributed by atoms with E-state index in [2.05, 4.69) is 4.99 Å². The van der Waals surface area contributed by atoms with Crippen molar-refractivity contribution in [1.82, 2.24) is 0 Å². The van der Waals surface area contributed by atoms with Gasteiger partial charge < -0.3 is 0 Å². The van der Waals surface area contributed by atoms with Crippen molar-refractivity contribution in [2.24, 2.45) is 4.99 Å². The number of nitrogens with zero attached hydrogens (tertiary/aromatic N) is 2. The normalized spacial score (nSPS) is 10.7. The molecule has 0 fully saturated rings. The number of carbonyl (C=O) groups excluding carboxylic acids is 1.